The van der Waals surface area contributed by atoms with Gasteiger partial charge in [0, 0.05) is 24.6 Å². The number of hydrogen-bond donors (Lipinski definition) is 3. The molecule has 0 saturated heterocycles. The first-order valence-corrected chi connectivity index (χ1v) is 12.6. The minimum Gasteiger partial charge on any atom is -0.392 e. The Morgan fingerprint density at radius 1 is 1.24 bits per heavy atom. The first-order chi connectivity index (χ1) is 15.4. The van der Waals surface area contributed by atoms with E-state index in [0.29, 0.717) is 13.0 Å². The van der Waals surface area contributed by atoms with Gasteiger partial charge in [0.2, 0.25) is 11.8 Å². The topological polar surface area (TPSA) is 91.3 Å². The van der Waals surface area contributed by atoms with Crippen LogP contribution in [0.5, 0.6) is 0 Å². The fourth-order valence-corrected chi connectivity index (χ4v) is 6.27. The predicted octanol–water partition coefficient (Wildman–Crippen LogP) is 4.08. The van der Waals surface area contributed by atoms with Crippen LogP contribution >= 0.6 is 0 Å². The lowest BCUT2D eigenvalue weighted by Crippen LogP contribution is -2.58. The molecule has 0 spiro atoms. The maximum absolute atomic E-state index is 12.9. The fraction of sp³-hybridized carbons (Fsp3) is 0.741. The molecule has 0 aliphatic heterocycles. The Bertz CT molecular complexity index is 822. The molecular formula is C27H43N3O3. The largest absolute Gasteiger partial charge is 0.392 e. The lowest BCUT2D eigenvalue weighted by molar-refractivity contribution is -0.144. The van der Waals surface area contributed by atoms with Gasteiger partial charge in [0.1, 0.15) is 0 Å². The minimum absolute atomic E-state index is 0.0354. The lowest BCUT2D eigenvalue weighted by atomic mass is 9.51. The average molecular weight is 458 g/mol. The molecule has 2 aliphatic carbocycles. The molecule has 2 amide bonds. The summed E-state index contributed by atoms with van der Waals surface area (Å²) in [5.41, 5.74) is 0.818. The lowest BCUT2D eigenvalue weighted by Gasteiger charge is -2.56. The molecule has 7 atom stereocenters. The van der Waals surface area contributed by atoms with Crippen LogP contribution in [-0.2, 0) is 16.1 Å². The van der Waals surface area contributed by atoms with Crippen LogP contribution in [0.3, 0.4) is 0 Å². The molecule has 6 heteroatoms. The van der Waals surface area contributed by atoms with Crippen molar-refractivity contribution in [1.82, 2.24) is 15.6 Å². The van der Waals surface area contributed by atoms with E-state index in [0.717, 1.165) is 31.4 Å². The van der Waals surface area contributed by atoms with Crippen LogP contribution in [0.4, 0.5) is 0 Å². The smallest absolute Gasteiger partial charge is 0.223 e. The second-order valence-corrected chi connectivity index (χ2v) is 12.0. The van der Waals surface area contributed by atoms with Gasteiger partial charge in [-0.15, -0.1) is 0 Å². The Morgan fingerprint density at radius 2 is 1.94 bits per heavy atom. The number of carbonyl (C=O) groups excluding carboxylic acids is 2. The van der Waals surface area contributed by atoms with E-state index in [2.05, 4.69) is 50.2 Å². The molecule has 1 aromatic heterocycles. The van der Waals surface area contributed by atoms with E-state index in [1.54, 1.807) is 6.20 Å². The summed E-state index contributed by atoms with van der Waals surface area (Å²) in [5, 5.41) is 17.8. The van der Waals surface area contributed by atoms with Gasteiger partial charge in [-0.1, -0.05) is 47.6 Å². The van der Waals surface area contributed by atoms with Crippen LogP contribution in [0.1, 0.15) is 79.3 Å². The highest BCUT2D eigenvalue weighted by molar-refractivity contribution is 5.78. The quantitative estimate of drug-likeness (QED) is 0.600. The van der Waals surface area contributed by atoms with Crippen molar-refractivity contribution >= 4 is 11.8 Å². The van der Waals surface area contributed by atoms with Crippen LogP contribution < -0.4 is 10.6 Å². The number of fused-ring (bicyclic) bond motifs is 1. The van der Waals surface area contributed by atoms with Crippen LogP contribution in [0.15, 0.2) is 24.4 Å². The minimum atomic E-state index is -0.559. The normalized spacial score (nSPS) is 33.0. The molecule has 6 nitrogen and oxygen atoms in total. The van der Waals surface area contributed by atoms with Gasteiger partial charge in [-0.2, -0.15) is 0 Å². The summed E-state index contributed by atoms with van der Waals surface area (Å²) in [5.74, 6) is -0.0845. The number of hydrogen-bond acceptors (Lipinski definition) is 4. The Morgan fingerprint density at radius 3 is 2.58 bits per heavy atom. The Kier molecular flexibility index (Phi) is 7.87. The standard InChI is InChI=1S/C27H43N3O3/c1-17(25(33)29-16-19-9-7-8-14-28-19)20-10-12-27(6)13-11-21(18(2)23(27)24(20)32)30-22(31)15-26(3,4)5/h7-9,14,17-18,20-21,23-24,32H,10-13,15-16H2,1-6H3,(H,29,33)(H,30,31)/t17-,18+,20?,21-,23+,24-,27-/m0/s1. The first kappa shape index (κ1) is 25.7. The Balaban J connectivity index is 1.65. The van der Waals surface area contributed by atoms with Crippen molar-refractivity contribution in [2.45, 2.75) is 92.3 Å². The van der Waals surface area contributed by atoms with E-state index in [1.165, 1.54) is 0 Å². The van der Waals surface area contributed by atoms with Gasteiger partial charge < -0.3 is 15.7 Å². The Labute approximate surface area is 199 Å². The van der Waals surface area contributed by atoms with Gasteiger partial charge in [-0.05, 0) is 66.4 Å². The van der Waals surface area contributed by atoms with Crippen molar-refractivity contribution in [3.8, 4) is 0 Å². The van der Waals surface area contributed by atoms with E-state index in [9.17, 15) is 14.7 Å². The van der Waals surface area contributed by atoms with Crippen LogP contribution in [0, 0.1) is 34.5 Å². The molecular weight excluding hydrogens is 414 g/mol. The summed E-state index contributed by atoms with van der Waals surface area (Å²) in [4.78, 5) is 29.8. The number of aliphatic hydroxyl groups excluding tert-OH is 1. The van der Waals surface area contributed by atoms with Crippen LogP contribution in [0.2, 0.25) is 0 Å². The zero-order valence-corrected chi connectivity index (χ0v) is 21.2. The summed E-state index contributed by atoms with van der Waals surface area (Å²) < 4.78 is 0. The molecule has 1 aromatic rings. The van der Waals surface area contributed by atoms with Gasteiger partial charge in [0.15, 0.2) is 0 Å². The van der Waals surface area contributed by atoms with Gasteiger partial charge in [0.25, 0.3) is 0 Å². The van der Waals surface area contributed by atoms with E-state index in [-0.39, 0.29) is 52.4 Å². The highest BCUT2D eigenvalue weighted by atomic mass is 16.3. The molecule has 2 saturated carbocycles. The second-order valence-electron chi connectivity index (χ2n) is 12.0. The molecule has 3 rings (SSSR count). The fourth-order valence-electron chi connectivity index (χ4n) is 6.27. The number of rotatable bonds is 6. The maximum atomic E-state index is 12.9. The number of carbonyl (C=O) groups is 2. The molecule has 2 fully saturated rings. The van der Waals surface area contributed by atoms with Gasteiger partial charge in [-0.25, -0.2) is 0 Å². The highest BCUT2D eigenvalue weighted by Crippen LogP contribution is 2.55. The van der Waals surface area contributed by atoms with Crippen molar-refractivity contribution in [1.29, 1.82) is 0 Å². The van der Waals surface area contributed by atoms with Crippen LogP contribution in [-0.4, -0.2) is 34.1 Å². The number of amides is 2. The van der Waals surface area contributed by atoms with Crippen LogP contribution in [0.25, 0.3) is 0 Å². The second kappa shape index (κ2) is 10.1. The highest BCUT2D eigenvalue weighted by Gasteiger charge is 2.53. The van der Waals surface area contributed by atoms with Crippen molar-refractivity contribution < 1.29 is 14.7 Å². The zero-order chi connectivity index (χ0) is 24.4. The third kappa shape index (κ3) is 6.14. The van der Waals surface area contributed by atoms with E-state index in [4.69, 9.17) is 0 Å². The molecule has 3 N–H and O–H groups in total. The Hall–Kier alpha value is -1.95. The third-order valence-corrected chi connectivity index (χ3v) is 8.15. The van der Waals surface area contributed by atoms with E-state index in [1.807, 2.05) is 25.1 Å². The molecule has 1 unspecified atom stereocenters. The number of nitrogens with zero attached hydrogens (tertiary/aromatic N) is 1. The molecule has 2 aliphatic rings. The summed E-state index contributed by atoms with van der Waals surface area (Å²) in [6.45, 7) is 13.0. The monoisotopic (exact) mass is 457 g/mol. The molecule has 0 bridgehead atoms. The van der Waals surface area contributed by atoms with Gasteiger partial charge in [0.05, 0.1) is 18.3 Å². The molecule has 184 valence electrons. The number of aliphatic hydroxyl groups is 1. The van der Waals surface area contributed by atoms with Gasteiger partial charge >= 0.3 is 0 Å². The summed E-state index contributed by atoms with van der Waals surface area (Å²) in [6.07, 6.45) is 5.45. The summed E-state index contributed by atoms with van der Waals surface area (Å²) in [6, 6.07) is 5.72. The molecule has 1 heterocycles. The van der Waals surface area contributed by atoms with E-state index < -0.39 is 6.10 Å². The van der Waals surface area contributed by atoms with Crippen molar-refractivity contribution in [2.75, 3.05) is 0 Å². The molecule has 0 radical (unpaired) electrons. The SMILES string of the molecule is C[C@H]1[C@@H]2[C@@H](O)C([C@H](C)C(=O)NCc3ccccn3)CC[C@@]2(C)CC[C@@H]1NC(=O)CC(C)(C)C. The molecule has 33 heavy (non-hydrogen) atoms. The molecule has 0 aromatic carbocycles. The summed E-state index contributed by atoms with van der Waals surface area (Å²) >= 11 is 0. The maximum Gasteiger partial charge on any atom is 0.223 e. The van der Waals surface area contributed by atoms with Crippen molar-refractivity contribution in [3.05, 3.63) is 30.1 Å². The third-order valence-electron chi connectivity index (χ3n) is 8.15. The number of pyridine rings is 1. The van der Waals surface area contributed by atoms with Crippen molar-refractivity contribution in [2.24, 2.45) is 34.5 Å². The average Bonchev–Trinajstić information content (AvgIpc) is 2.73. The number of nitrogens with one attached hydrogen (secondary N) is 2. The first-order valence-electron chi connectivity index (χ1n) is 12.6. The number of aromatic nitrogens is 1. The predicted molar refractivity (Wildman–Crippen MR) is 130 cm³/mol. The van der Waals surface area contributed by atoms with Crippen molar-refractivity contribution in [3.63, 3.8) is 0 Å². The zero-order valence-electron chi connectivity index (χ0n) is 21.2. The summed E-state index contributed by atoms with van der Waals surface area (Å²) in [7, 11) is 0. The van der Waals surface area contributed by atoms with E-state index >= 15 is 0 Å². The van der Waals surface area contributed by atoms with Gasteiger partial charge in [-0.3, -0.25) is 14.6 Å².